The molecule has 0 aliphatic heterocycles. The van der Waals surface area contributed by atoms with Gasteiger partial charge >= 0.3 is 0 Å². The summed E-state index contributed by atoms with van der Waals surface area (Å²) in [6.45, 7) is 6.60. The minimum absolute atomic E-state index is 0.488. The average molecular weight is 472 g/mol. The lowest BCUT2D eigenvalue weighted by atomic mass is 9.97. The van der Waals surface area contributed by atoms with E-state index in [4.69, 9.17) is 21.8 Å². The number of benzene rings is 1. The quantitative estimate of drug-likeness (QED) is 0.313. The maximum Gasteiger partial charge on any atom is 0.156 e. The van der Waals surface area contributed by atoms with Crippen LogP contribution in [0.3, 0.4) is 0 Å². The molecule has 0 radical (unpaired) electrons. The molecule has 7 nitrogen and oxygen atoms in total. The Hall–Kier alpha value is -2.48. The lowest BCUT2D eigenvalue weighted by molar-refractivity contribution is -0.127. The fourth-order valence-corrected chi connectivity index (χ4v) is 4.55. The molecule has 1 aliphatic carbocycles. The molecule has 1 saturated carbocycles. The first-order valence-electron chi connectivity index (χ1n) is 11.5. The third kappa shape index (κ3) is 6.31. The smallest absolute Gasteiger partial charge is 0.156 e. The third-order valence-corrected chi connectivity index (χ3v) is 5.98. The van der Waals surface area contributed by atoms with Crippen molar-refractivity contribution in [2.24, 2.45) is 13.0 Å². The number of rotatable bonds is 3. The van der Waals surface area contributed by atoms with E-state index in [0.29, 0.717) is 17.1 Å². The molecule has 0 spiro atoms. The van der Waals surface area contributed by atoms with Crippen LogP contribution in [0.4, 0.5) is 0 Å². The van der Waals surface area contributed by atoms with Crippen molar-refractivity contribution in [3.8, 4) is 0 Å². The van der Waals surface area contributed by atoms with Crippen LogP contribution in [-0.2, 0) is 13.5 Å². The van der Waals surface area contributed by atoms with Gasteiger partial charge in [-0.1, -0.05) is 31.5 Å². The first-order valence-corrected chi connectivity index (χ1v) is 11.9. The van der Waals surface area contributed by atoms with E-state index < -0.39 is 5.79 Å². The first-order chi connectivity index (χ1) is 15.7. The molecular formula is C25H34ClN5O2. The van der Waals surface area contributed by atoms with Crippen LogP contribution in [0.25, 0.3) is 22.1 Å². The normalized spacial score (nSPS) is 18.1. The topological polar surface area (TPSA) is 89.0 Å². The van der Waals surface area contributed by atoms with Gasteiger partial charge in [0, 0.05) is 19.3 Å². The molecule has 2 unspecified atom stereocenters. The summed E-state index contributed by atoms with van der Waals surface area (Å²) in [5.41, 5.74) is 4.60. The van der Waals surface area contributed by atoms with Gasteiger partial charge in [-0.3, -0.25) is 0 Å². The molecule has 33 heavy (non-hydrogen) atoms. The van der Waals surface area contributed by atoms with E-state index in [9.17, 15) is 0 Å². The minimum Gasteiger partial charge on any atom is -0.366 e. The summed E-state index contributed by atoms with van der Waals surface area (Å²) in [4.78, 5) is 13.0. The largest absolute Gasteiger partial charge is 0.366 e. The number of hydrogen-bond acceptors (Lipinski definition) is 5. The molecular weight excluding hydrogens is 438 g/mol. The molecule has 2 N–H and O–H groups in total. The summed E-state index contributed by atoms with van der Waals surface area (Å²) in [5, 5.41) is 17.6. The third-order valence-electron chi connectivity index (χ3n) is 5.68. The molecule has 0 amide bonds. The average Bonchev–Trinajstić information content (AvgIpc) is 3.48. The second-order valence-electron chi connectivity index (χ2n) is 8.83. The Morgan fingerprint density at radius 3 is 2.55 bits per heavy atom. The van der Waals surface area contributed by atoms with Crippen molar-refractivity contribution in [1.29, 1.82) is 0 Å². The SMILES string of the molecule is CC.CC(C)(O)O.Cn1cnc2cc(CC3CCC(n4ccc5c(Cl)ncnc54)C3)ccc21. The van der Waals surface area contributed by atoms with Gasteiger partial charge in [0.15, 0.2) is 5.79 Å². The Bertz CT molecular complexity index is 1190. The predicted molar refractivity (Wildman–Crippen MR) is 133 cm³/mol. The van der Waals surface area contributed by atoms with Crippen LogP contribution in [-0.4, -0.2) is 40.1 Å². The molecule has 1 aromatic carbocycles. The number of hydrogen-bond donors (Lipinski definition) is 2. The van der Waals surface area contributed by atoms with Crippen LogP contribution < -0.4 is 0 Å². The van der Waals surface area contributed by atoms with Gasteiger partial charge in [0.25, 0.3) is 0 Å². The number of imidazole rings is 1. The predicted octanol–water partition coefficient (Wildman–Crippen LogP) is 5.29. The molecule has 178 valence electrons. The van der Waals surface area contributed by atoms with Crippen LogP contribution in [0.15, 0.2) is 43.1 Å². The number of nitrogens with zero attached hydrogens (tertiary/aromatic N) is 5. The van der Waals surface area contributed by atoms with Crippen LogP contribution in [0.5, 0.6) is 0 Å². The van der Waals surface area contributed by atoms with E-state index in [2.05, 4.69) is 48.5 Å². The van der Waals surface area contributed by atoms with Gasteiger partial charge in [0.1, 0.15) is 17.1 Å². The van der Waals surface area contributed by atoms with E-state index in [1.54, 1.807) is 6.33 Å². The van der Waals surface area contributed by atoms with Gasteiger partial charge in [-0.15, -0.1) is 0 Å². The molecule has 1 fully saturated rings. The van der Waals surface area contributed by atoms with Gasteiger partial charge in [-0.25, -0.2) is 15.0 Å². The maximum absolute atomic E-state index is 8.08. The van der Waals surface area contributed by atoms with Crippen LogP contribution in [0.1, 0.15) is 58.6 Å². The summed E-state index contributed by atoms with van der Waals surface area (Å²) >= 11 is 6.19. The van der Waals surface area contributed by atoms with E-state index in [1.165, 1.54) is 44.2 Å². The second-order valence-corrected chi connectivity index (χ2v) is 9.19. The lowest BCUT2D eigenvalue weighted by Gasteiger charge is -2.14. The fraction of sp³-hybridized carbons (Fsp3) is 0.480. The Morgan fingerprint density at radius 1 is 1.09 bits per heavy atom. The van der Waals surface area contributed by atoms with E-state index >= 15 is 0 Å². The zero-order valence-corrected chi connectivity index (χ0v) is 20.8. The number of halogens is 1. The molecule has 0 bridgehead atoms. The molecule has 1 aliphatic rings. The summed E-state index contributed by atoms with van der Waals surface area (Å²) in [5.74, 6) is -0.809. The van der Waals surface area contributed by atoms with Crippen molar-refractivity contribution in [3.05, 3.63) is 53.8 Å². The molecule has 0 saturated heterocycles. The van der Waals surface area contributed by atoms with E-state index in [1.807, 2.05) is 33.3 Å². The minimum atomic E-state index is -1.50. The Balaban J connectivity index is 0.000000390. The number of aryl methyl sites for hydroxylation is 1. The highest BCUT2D eigenvalue weighted by Crippen LogP contribution is 2.38. The van der Waals surface area contributed by atoms with Crippen molar-refractivity contribution in [2.45, 2.75) is 65.2 Å². The van der Waals surface area contributed by atoms with Crippen LogP contribution in [0.2, 0.25) is 5.15 Å². The summed E-state index contributed by atoms with van der Waals surface area (Å²) in [6, 6.07) is 9.18. The van der Waals surface area contributed by atoms with Crippen molar-refractivity contribution in [1.82, 2.24) is 24.1 Å². The molecule has 5 rings (SSSR count). The van der Waals surface area contributed by atoms with E-state index in [0.717, 1.165) is 23.0 Å². The Morgan fingerprint density at radius 2 is 1.82 bits per heavy atom. The summed E-state index contributed by atoms with van der Waals surface area (Å²) in [6.07, 6.45) is 10.2. The lowest BCUT2D eigenvalue weighted by Crippen LogP contribution is -2.15. The highest BCUT2D eigenvalue weighted by Gasteiger charge is 2.27. The number of fused-ring (bicyclic) bond motifs is 2. The summed E-state index contributed by atoms with van der Waals surface area (Å²) < 4.78 is 4.35. The molecule has 4 aromatic rings. The standard InChI is InChI=1S/C20H20ClN5.C3H8O2.C2H6/c1-25-12-24-17-10-14(3-5-18(17)25)8-13-2-4-15(9-13)26-7-6-16-19(21)22-11-23-20(16)26;1-3(2,4)5;1-2/h3,5-7,10-13,15H,2,4,8-9H2,1H3;4-5H,1-2H3;1-2H3. The van der Waals surface area contributed by atoms with Crippen molar-refractivity contribution in [2.75, 3.05) is 0 Å². The van der Waals surface area contributed by atoms with Gasteiger partial charge in [-0.05, 0) is 69.2 Å². The number of aromatic nitrogens is 5. The molecule has 8 heteroatoms. The fourth-order valence-electron chi connectivity index (χ4n) is 4.36. The molecule has 2 atom stereocenters. The highest BCUT2D eigenvalue weighted by molar-refractivity contribution is 6.33. The van der Waals surface area contributed by atoms with Crippen molar-refractivity contribution in [3.63, 3.8) is 0 Å². The van der Waals surface area contributed by atoms with Gasteiger partial charge in [0.2, 0.25) is 0 Å². The van der Waals surface area contributed by atoms with Crippen LogP contribution >= 0.6 is 11.6 Å². The number of aliphatic hydroxyl groups is 2. The van der Waals surface area contributed by atoms with Gasteiger partial charge < -0.3 is 19.3 Å². The summed E-state index contributed by atoms with van der Waals surface area (Å²) in [7, 11) is 2.04. The van der Waals surface area contributed by atoms with Crippen LogP contribution in [0, 0.1) is 5.92 Å². The maximum atomic E-state index is 8.08. The first kappa shape index (κ1) is 25.1. The van der Waals surface area contributed by atoms with Gasteiger partial charge in [-0.2, -0.15) is 0 Å². The zero-order valence-electron chi connectivity index (χ0n) is 20.0. The Labute approximate surface area is 200 Å². The van der Waals surface area contributed by atoms with Crippen molar-refractivity contribution >= 4 is 33.7 Å². The molecule has 3 heterocycles. The zero-order chi connectivity index (χ0) is 24.2. The monoisotopic (exact) mass is 471 g/mol. The highest BCUT2D eigenvalue weighted by atomic mass is 35.5. The van der Waals surface area contributed by atoms with E-state index in [-0.39, 0.29) is 0 Å². The Kier molecular flexibility index (Phi) is 8.10. The molecule has 3 aromatic heterocycles. The van der Waals surface area contributed by atoms with Gasteiger partial charge in [0.05, 0.1) is 22.7 Å². The second kappa shape index (κ2) is 10.6. The van der Waals surface area contributed by atoms with Crippen molar-refractivity contribution < 1.29 is 10.2 Å².